The summed E-state index contributed by atoms with van der Waals surface area (Å²) in [6.45, 7) is 2.19. The Labute approximate surface area is 121 Å². The van der Waals surface area contributed by atoms with Crippen LogP contribution in [-0.2, 0) is 6.61 Å². The maximum absolute atomic E-state index is 9.75. The third kappa shape index (κ3) is 1.59. The van der Waals surface area contributed by atoms with Gasteiger partial charge in [0.05, 0.1) is 6.61 Å². The van der Waals surface area contributed by atoms with Crippen molar-refractivity contribution in [2.45, 2.75) is 13.5 Å². The first kappa shape index (κ1) is 11.9. The second-order valence-electron chi connectivity index (χ2n) is 5.22. The van der Waals surface area contributed by atoms with Gasteiger partial charge < -0.3 is 5.11 Å². The van der Waals surface area contributed by atoms with E-state index in [-0.39, 0.29) is 6.61 Å². The Kier molecular flexibility index (Phi) is 2.56. The molecule has 2 heteroatoms. The number of benzene rings is 3. The molecule has 0 spiro atoms. The summed E-state index contributed by atoms with van der Waals surface area (Å²) in [5.74, 6) is 0. The summed E-state index contributed by atoms with van der Waals surface area (Å²) in [4.78, 5) is 0. The van der Waals surface area contributed by atoms with Gasteiger partial charge in [0.2, 0.25) is 0 Å². The summed E-state index contributed by atoms with van der Waals surface area (Å²) < 4.78 is 2.57. The lowest BCUT2D eigenvalue weighted by Crippen LogP contribution is -1.86. The van der Waals surface area contributed by atoms with Gasteiger partial charge in [0.1, 0.15) is 0 Å². The fourth-order valence-electron chi connectivity index (χ4n) is 2.95. The number of rotatable bonds is 1. The Hall–Kier alpha value is -1.90. The van der Waals surface area contributed by atoms with Gasteiger partial charge in [-0.3, -0.25) is 0 Å². The highest BCUT2D eigenvalue weighted by Gasteiger charge is 2.12. The predicted molar refractivity (Wildman–Crippen MR) is 87.5 cm³/mol. The molecule has 0 radical (unpaired) electrons. The van der Waals surface area contributed by atoms with E-state index in [0.717, 1.165) is 5.56 Å². The standard InChI is InChI=1S/C18H14OS/c1-11-6-7-14-12(8-11)9-13(10-19)17-15-4-2-3-5-16(15)20-18(14)17/h2-9,19H,10H2,1H3. The van der Waals surface area contributed by atoms with E-state index in [1.165, 1.54) is 36.5 Å². The number of thiophene rings is 1. The second-order valence-corrected chi connectivity index (χ2v) is 6.27. The van der Waals surface area contributed by atoms with Crippen molar-refractivity contribution < 1.29 is 5.11 Å². The van der Waals surface area contributed by atoms with Gasteiger partial charge in [-0.05, 0) is 35.4 Å². The molecule has 1 aromatic heterocycles. The highest BCUT2D eigenvalue weighted by molar-refractivity contribution is 7.26. The third-order valence-electron chi connectivity index (χ3n) is 3.87. The van der Waals surface area contributed by atoms with Crippen LogP contribution in [0.25, 0.3) is 30.9 Å². The largest absolute Gasteiger partial charge is 0.392 e. The first-order valence-corrected chi connectivity index (χ1v) is 7.54. The number of hydrogen-bond acceptors (Lipinski definition) is 2. The van der Waals surface area contributed by atoms with Gasteiger partial charge in [-0.15, -0.1) is 11.3 Å². The first-order chi connectivity index (χ1) is 9.78. The van der Waals surface area contributed by atoms with E-state index in [1.54, 1.807) is 0 Å². The fourth-order valence-corrected chi connectivity index (χ4v) is 4.23. The van der Waals surface area contributed by atoms with E-state index in [1.807, 2.05) is 11.3 Å². The topological polar surface area (TPSA) is 20.2 Å². The maximum atomic E-state index is 9.75. The molecule has 0 amide bonds. The Morgan fingerprint density at radius 3 is 2.70 bits per heavy atom. The van der Waals surface area contributed by atoms with Gasteiger partial charge in [0.25, 0.3) is 0 Å². The van der Waals surface area contributed by atoms with Crippen molar-refractivity contribution >= 4 is 42.3 Å². The van der Waals surface area contributed by atoms with E-state index in [4.69, 9.17) is 0 Å². The average Bonchev–Trinajstić information content (AvgIpc) is 2.85. The van der Waals surface area contributed by atoms with Crippen LogP contribution in [0.1, 0.15) is 11.1 Å². The second kappa shape index (κ2) is 4.30. The Morgan fingerprint density at radius 1 is 1.00 bits per heavy atom. The molecule has 0 saturated carbocycles. The summed E-state index contributed by atoms with van der Waals surface area (Å²) in [5, 5.41) is 14.7. The minimum Gasteiger partial charge on any atom is -0.392 e. The zero-order chi connectivity index (χ0) is 13.7. The number of aliphatic hydroxyl groups excluding tert-OH is 1. The minimum atomic E-state index is 0.0844. The van der Waals surface area contributed by atoms with Crippen molar-refractivity contribution in [3.63, 3.8) is 0 Å². The van der Waals surface area contributed by atoms with Crippen LogP contribution in [0.3, 0.4) is 0 Å². The van der Waals surface area contributed by atoms with E-state index in [9.17, 15) is 5.11 Å². The van der Waals surface area contributed by atoms with Crippen LogP contribution in [0.15, 0.2) is 48.5 Å². The van der Waals surface area contributed by atoms with Crippen molar-refractivity contribution in [3.8, 4) is 0 Å². The number of aliphatic hydroxyl groups is 1. The molecule has 0 bridgehead atoms. The lowest BCUT2D eigenvalue weighted by Gasteiger charge is -2.06. The highest BCUT2D eigenvalue weighted by Crippen LogP contribution is 2.40. The van der Waals surface area contributed by atoms with Crippen LogP contribution in [0.5, 0.6) is 0 Å². The van der Waals surface area contributed by atoms with Crippen molar-refractivity contribution in [3.05, 3.63) is 59.7 Å². The lowest BCUT2D eigenvalue weighted by atomic mass is 9.99. The van der Waals surface area contributed by atoms with Crippen LogP contribution in [0.4, 0.5) is 0 Å². The fraction of sp³-hybridized carbons (Fsp3) is 0.111. The molecule has 1 heterocycles. The zero-order valence-electron chi connectivity index (χ0n) is 11.2. The first-order valence-electron chi connectivity index (χ1n) is 6.72. The van der Waals surface area contributed by atoms with Crippen LogP contribution >= 0.6 is 11.3 Å². The van der Waals surface area contributed by atoms with Gasteiger partial charge >= 0.3 is 0 Å². The van der Waals surface area contributed by atoms with Gasteiger partial charge in [-0.2, -0.15) is 0 Å². The van der Waals surface area contributed by atoms with Crippen LogP contribution in [-0.4, -0.2) is 5.11 Å². The molecule has 98 valence electrons. The molecule has 4 rings (SSSR count). The summed E-state index contributed by atoms with van der Waals surface area (Å²) in [6.07, 6.45) is 0. The smallest absolute Gasteiger partial charge is 0.0688 e. The van der Waals surface area contributed by atoms with Gasteiger partial charge in [0.15, 0.2) is 0 Å². The van der Waals surface area contributed by atoms with Crippen molar-refractivity contribution in [2.75, 3.05) is 0 Å². The van der Waals surface area contributed by atoms with Crippen molar-refractivity contribution in [2.24, 2.45) is 0 Å². The van der Waals surface area contributed by atoms with E-state index >= 15 is 0 Å². The summed E-state index contributed by atoms with van der Waals surface area (Å²) in [6, 6.07) is 17.1. The predicted octanol–water partition coefficient (Wildman–Crippen LogP) is 5.01. The van der Waals surface area contributed by atoms with Gasteiger partial charge in [0, 0.05) is 20.2 Å². The number of aryl methyl sites for hydroxylation is 1. The quantitative estimate of drug-likeness (QED) is 0.519. The zero-order valence-corrected chi connectivity index (χ0v) is 12.0. The molecule has 4 aromatic rings. The van der Waals surface area contributed by atoms with Crippen molar-refractivity contribution in [1.82, 2.24) is 0 Å². The van der Waals surface area contributed by atoms with Crippen LogP contribution in [0.2, 0.25) is 0 Å². The lowest BCUT2D eigenvalue weighted by molar-refractivity contribution is 0.283. The molecular formula is C18H14OS. The third-order valence-corrected chi connectivity index (χ3v) is 5.07. The molecule has 0 unspecified atom stereocenters. The van der Waals surface area contributed by atoms with Gasteiger partial charge in [-0.1, -0.05) is 42.0 Å². The molecule has 0 aliphatic carbocycles. The molecule has 1 N–H and O–H groups in total. The Bertz CT molecular complexity index is 950. The van der Waals surface area contributed by atoms with E-state index < -0.39 is 0 Å². The molecule has 1 nitrogen and oxygen atoms in total. The van der Waals surface area contributed by atoms with Crippen molar-refractivity contribution in [1.29, 1.82) is 0 Å². The summed E-state index contributed by atoms with van der Waals surface area (Å²) >= 11 is 1.82. The molecular weight excluding hydrogens is 264 g/mol. The average molecular weight is 278 g/mol. The Morgan fingerprint density at radius 2 is 1.85 bits per heavy atom. The van der Waals surface area contributed by atoms with Gasteiger partial charge in [-0.25, -0.2) is 0 Å². The molecule has 20 heavy (non-hydrogen) atoms. The number of hydrogen-bond donors (Lipinski definition) is 1. The highest BCUT2D eigenvalue weighted by atomic mass is 32.1. The maximum Gasteiger partial charge on any atom is 0.0688 e. The molecule has 0 aliphatic heterocycles. The van der Waals surface area contributed by atoms with Crippen LogP contribution < -0.4 is 0 Å². The molecule has 0 aliphatic rings. The summed E-state index contributed by atoms with van der Waals surface area (Å²) in [5.41, 5.74) is 2.28. The molecule has 0 saturated heterocycles. The normalized spacial score (nSPS) is 11.7. The van der Waals surface area contributed by atoms with E-state index in [2.05, 4.69) is 55.5 Å². The SMILES string of the molecule is Cc1ccc2c(c1)cc(CO)c1c3ccccc3sc21. The van der Waals surface area contributed by atoms with E-state index in [0.29, 0.717) is 0 Å². The number of fused-ring (bicyclic) bond motifs is 5. The molecule has 0 fully saturated rings. The Balaban J connectivity index is 2.31. The molecule has 3 aromatic carbocycles. The van der Waals surface area contributed by atoms with Crippen LogP contribution in [0, 0.1) is 6.92 Å². The monoisotopic (exact) mass is 278 g/mol. The minimum absolute atomic E-state index is 0.0844. The molecule has 0 atom stereocenters. The summed E-state index contributed by atoms with van der Waals surface area (Å²) in [7, 11) is 0.